The van der Waals surface area contributed by atoms with Crippen LogP contribution in [0.5, 0.6) is 0 Å². The highest BCUT2D eigenvalue weighted by atomic mass is 16.6. The molecule has 3 atom stereocenters. The van der Waals surface area contributed by atoms with Crippen LogP contribution < -0.4 is 0 Å². The molecule has 0 radical (unpaired) electrons. The Morgan fingerprint density at radius 1 is 1.17 bits per heavy atom. The molecule has 2 saturated carbocycles. The molecule has 3 nitrogen and oxygen atoms in total. The Balaban J connectivity index is 2.04. The lowest BCUT2D eigenvalue weighted by atomic mass is 9.52. The molecule has 1 spiro atoms. The Labute approximate surface area is 108 Å². The summed E-state index contributed by atoms with van der Waals surface area (Å²) in [6.45, 7) is 4.15. The minimum atomic E-state index is -0.283. The predicted octanol–water partition coefficient (Wildman–Crippen LogP) is 2.87. The fourth-order valence-corrected chi connectivity index (χ4v) is 4.73. The first-order chi connectivity index (χ1) is 8.47. The van der Waals surface area contributed by atoms with E-state index >= 15 is 0 Å². The fourth-order valence-electron chi connectivity index (χ4n) is 4.73. The number of carbonyl (C=O) groups excluding carboxylic acids is 2. The molecule has 3 heteroatoms. The van der Waals surface area contributed by atoms with Gasteiger partial charge in [-0.3, -0.25) is 9.59 Å². The molecule has 1 aliphatic heterocycles. The van der Waals surface area contributed by atoms with E-state index in [-0.39, 0.29) is 22.9 Å². The van der Waals surface area contributed by atoms with Gasteiger partial charge in [0.1, 0.15) is 11.9 Å². The summed E-state index contributed by atoms with van der Waals surface area (Å²) in [5.74, 6) is 0.653. The molecule has 1 heterocycles. The van der Waals surface area contributed by atoms with Gasteiger partial charge in [0, 0.05) is 17.3 Å². The van der Waals surface area contributed by atoms with Crippen LogP contribution in [-0.2, 0) is 14.3 Å². The largest absolute Gasteiger partial charge is 0.462 e. The molecule has 0 amide bonds. The number of hydrogen-bond acceptors (Lipinski definition) is 3. The summed E-state index contributed by atoms with van der Waals surface area (Å²) in [7, 11) is 0. The third kappa shape index (κ3) is 1.49. The molecule has 0 unspecified atom stereocenters. The SMILES string of the molecule is CC1(C)C(=O)CC[C@@]23CC(=O)O[C@@H]2CCCC[C@H]13. The lowest BCUT2D eigenvalue weighted by Crippen LogP contribution is -2.51. The van der Waals surface area contributed by atoms with Gasteiger partial charge in [-0.25, -0.2) is 0 Å². The topological polar surface area (TPSA) is 43.4 Å². The second kappa shape index (κ2) is 3.82. The zero-order chi connectivity index (χ0) is 13.0. The summed E-state index contributed by atoms with van der Waals surface area (Å²) in [4.78, 5) is 24.0. The maximum absolute atomic E-state index is 12.2. The first-order valence-corrected chi connectivity index (χ1v) is 7.19. The number of carbonyl (C=O) groups is 2. The van der Waals surface area contributed by atoms with Gasteiger partial charge in [0.25, 0.3) is 0 Å². The van der Waals surface area contributed by atoms with Gasteiger partial charge in [0.2, 0.25) is 0 Å². The highest BCUT2D eigenvalue weighted by molar-refractivity contribution is 5.86. The van der Waals surface area contributed by atoms with Crippen LogP contribution in [0.1, 0.15) is 58.8 Å². The molecule has 100 valence electrons. The van der Waals surface area contributed by atoms with E-state index in [0.29, 0.717) is 24.5 Å². The number of rotatable bonds is 0. The molecule has 0 bridgehead atoms. The highest BCUT2D eigenvalue weighted by Crippen LogP contribution is 2.60. The van der Waals surface area contributed by atoms with Crippen molar-refractivity contribution in [3.8, 4) is 0 Å². The van der Waals surface area contributed by atoms with E-state index in [1.807, 2.05) is 0 Å². The number of ketones is 1. The molecule has 2 aliphatic carbocycles. The molecule has 1 saturated heterocycles. The summed E-state index contributed by atoms with van der Waals surface area (Å²) in [6, 6.07) is 0. The van der Waals surface area contributed by atoms with E-state index in [4.69, 9.17) is 4.74 Å². The van der Waals surface area contributed by atoms with Crippen LogP contribution in [0.15, 0.2) is 0 Å². The quantitative estimate of drug-likeness (QED) is 0.621. The minimum absolute atomic E-state index is 0.0367. The van der Waals surface area contributed by atoms with Crippen LogP contribution in [0, 0.1) is 16.7 Å². The molecule has 0 aromatic rings. The number of ether oxygens (including phenoxy) is 1. The summed E-state index contributed by atoms with van der Waals surface area (Å²) in [5.41, 5.74) is -0.320. The Kier molecular flexibility index (Phi) is 2.58. The molecule has 0 aromatic carbocycles. The third-order valence-corrected chi connectivity index (χ3v) is 5.70. The van der Waals surface area contributed by atoms with Crippen LogP contribution in [0.25, 0.3) is 0 Å². The highest BCUT2D eigenvalue weighted by Gasteiger charge is 2.61. The zero-order valence-electron chi connectivity index (χ0n) is 11.3. The maximum Gasteiger partial charge on any atom is 0.306 e. The van der Waals surface area contributed by atoms with E-state index in [1.54, 1.807) is 0 Å². The van der Waals surface area contributed by atoms with Gasteiger partial charge in [-0.15, -0.1) is 0 Å². The molecular weight excluding hydrogens is 228 g/mol. The van der Waals surface area contributed by atoms with Crippen molar-refractivity contribution in [2.24, 2.45) is 16.7 Å². The lowest BCUT2D eigenvalue weighted by Gasteiger charge is -2.50. The average molecular weight is 250 g/mol. The fraction of sp³-hybridized carbons (Fsp3) is 0.867. The molecule has 18 heavy (non-hydrogen) atoms. The van der Waals surface area contributed by atoms with Crippen molar-refractivity contribution in [2.45, 2.75) is 64.9 Å². The number of esters is 1. The zero-order valence-corrected chi connectivity index (χ0v) is 11.3. The minimum Gasteiger partial charge on any atom is -0.462 e. The lowest BCUT2D eigenvalue weighted by molar-refractivity contribution is -0.146. The number of hydrogen-bond donors (Lipinski definition) is 0. The normalized spacial score (nSPS) is 42.8. The van der Waals surface area contributed by atoms with E-state index in [0.717, 1.165) is 32.1 Å². The summed E-state index contributed by atoms with van der Waals surface area (Å²) in [6.07, 6.45) is 6.45. The molecule has 3 fully saturated rings. The van der Waals surface area contributed by atoms with Crippen molar-refractivity contribution in [1.29, 1.82) is 0 Å². The van der Waals surface area contributed by atoms with Crippen molar-refractivity contribution < 1.29 is 14.3 Å². The summed E-state index contributed by atoms with van der Waals surface area (Å²) < 4.78 is 5.58. The van der Waals surface area contributed by atoms with Gasteiger partial charge in [-0.1, -0.05) is 20.3 Å². The first kappa shape index (κ1) is 12.2. The second-order valence-corrected chi connectivity index (χ2v) is 6.87. The van der Waals surface area contributed by atoms with E-state index in [9.17, 15) is 9.59 Å². The number of Topliss-reactive ketones (excluding diaryl/α,β-unsaturated/α-hetero) is 1. The molecule has 3 aliphatic rings. The van der Waals surface area contributed by atoms with Gasteiger partial charge in [0.15, 0.2) is 0 Å². The Morgan fingerprint density at radius 2 is 1.89 bits per heavy atom. The van der Waals surface area contributed by atoms with E-state index < -0.39 is 0 Å². The standard InChI is InChI=1S/C15H22O3/c1-14(2)10-5-3-4-6-12-15(10,8-7-11(14)16)9-13(17)18-12/h10,12H,3-9H2,1-2H3/t10-,12-,15+/m1/s1. The Hall–Kier alpha value is -0.860. The van der Waals surface area contributed by atoms with Crippen LogP contribution in [0.4, 0.5) is 0 Å². The third-order valence-electron chi connectivity index (χ3n) is 5.70. The Morgan fingerprint density at radius 3 is 2.67 bits per heavy atom. The predicted molar refractivity (Wildman–Crippen MR) is 66.9 cm³/mol. The van der Waals surface area contributed by atoms with Crippen molar-refractivity contribution in [3.63, 3.8) is 0 Å². The van der Waals surface area contributed by atoms with Crippen molar-refractivity contribution in [1.82, 2.24) is 0 Å². The van der Waals surface area contributed by atoms with Crippen LogP contribution in [0.2, 0.25) is 0 Å². The first-order valence-electron chi connectivity index (χ1n) is 7.19. The smallest absolute Gasteiger partial charge is 0.306 e. The van der Waals surface area contributed by atoms with Gasteiger partial charge >= 0.3 is 5.97 Å². The Bertz CT molecular complexity index is 399. The van der Waals surface area contributed by atoms with Crippen LogP contribution >= 0.6 is 0 Å². The summed E-state index contributed by atoms with van der Waals surface area (Å²) >= 11 is 0. The summed E-state index contributed by atoms with van der Waals surface area (Å²) in [5, 5.41) is 0. The van der Waals surface area contributed by atoms with Gasteiger partial charge < -0.3 is 4.74 Å². The van der Waals surface area contributed by atoms with Crippen LogP contribution in [0.3, 0.4) is 0 Å². The van der Waals surface area contributed by atoms with Crippen molar-refractivity contribution in [2.75, 3.05) is 0 Å². The van der Waals surface area contributed by atoms with Crippen molar-refractivity contribution in [3.05, 3.63) is 0 Å². The van der Waals surface area contributed by atoms with Gasteiger partial charge in [-0.2, -0.15) is 0 Å². The molecule has 0 N–H and O–H groups in total. The van der Waals surface area contributed by atoms with E-state index in [1.165, 1.54) is 0 Å². The second-order valence-electron chi connectivity index (χ2n) is 6.87. The maximum atomic E-state index is 12.2. The molecule has 0 aromatic heterocycles. The monoisotopic (exact) mass is 250 g/mol. The molecule has 3 rings (SSSR count). The molecular formula is C15H22O3. The van der Waals surface area contributed by atoms with Gasteiger partial charge in [0.05, 0.1) is 6.42 Å². The average Bonchev–Trinajstić information content (AvgIpc) is 2.50. The van der Waals surface area contributed by atoms with Gasteiger partial charge in [-0.05, 0) is 31.6 Å². The van der Waals surface area contributed by atoms with E-state index in [2.05, 4.69) is 13.8 Å². The van der Waals surface area contributed by atoms with Crippen molar-refractivity contribution >= 4 is 11.8 Å². The van der Waals surface area contributed by atoms with Crippen LogP contribution in [-0.4, -0.2) is 17.9 Å².